The van der Waals surface area contributed by atoms with E-state index in [0.29, 0.717) is 4.73 Å². The second-order valence-electron chi connectivity index (χ2n) is 7.74. The molecule has 0 aromatic carbocycles. The lowest BCUT2D eigenvalue weighted by atomic mass is 10.1. The molecule has 3 N–H and O–H groups in total. The summed E-state index contributed by atoms with van der Waals surface area (Å²) in [6.45, 7) is 9.81. The molecule has 0 aliphatic rings. The number of esters is 1. The summed E-state index contributed by atoms with van der Waals surface area (Å²) in [5, 5.41) is 21.3. The van der Waals surface area contributed by atoms with E-state index in [1.165, 1.54) is 0 Å². The van der Waals surface area contributed by atoms with Gasteiger partial charge in [0, 0.05) is 12.1 Å². The third-order valence-electron chi connectivity index (χ3n) is 2.74. The predicted molar refractivity (Wildman–Crippen MR) is 93.0 cm³/mol. The van der Waals surface area contributed by atoms with E-state index in [2.05, 4.69) is 5.32 Å². The van der Waals surface area contributed by atoms with Gasteiger partial charge in [-0.3, -0.25) is 0 Å². The Labute approximate surface area is 157 Å². The lowest BCUT2D eigenvalue weighted by Gasteiger charge is -2.25. The Morgan fingerprint density at radius 3 is 1.93 bits per heavy atom. The molecule has 1 aromatic rings. The van der Waals surface area contributed by atoms with Gasteiger partial charge >= 0.3 is 18.0 Å². The SMILES string of the molecule is CC(C)(C)OC(=O)N[C@@H](CC(=O)On1c(O)ccc1O)C(=O)OC(C)(C)C. The van der Waals surface area contributed by atoms with Crippen LogP contribution in [0, 0.1) is 0 Å². The van der Waals surface area contributed by atoms with Gasteiger partial charge in [-0.05, 0) is 41.5 Å². The number of nitrogens with zero attached hydrogens (tertiary/aromatic N) is 1. The van der Waals surface area contributed by atoms with Gasteiger partial charge in [-0.25, -0.2) is 14.4 Å². The molecular weight excluding hydrogens is 360 g/mol. The Kier molecular flexibility index (Phi) is 6.71. The van der Waals surface area contributed by atoms with E-state index in [1.54, 1.807) is 41.5 Å². The second-order valence-corrected chi connectivity index (χ2v) is 7.74. The van der Waals surface area contributed by atoms with Crippen LogP contribution in [-0.2, 0) is 19.1 Å². The zero-order chi connectivity index (χ0) is 21.0. The molecule has 1 atom stereocenters. The van der Waals surface area contributed by atoms with Crippen LogP contribution in [0.15, 0.2) is 12.1 Å². The van der Waals surface area contributed by atoms with Crippen LogP contribution in [0.25, 0.3) is 0 Å². The smallest absolute Gasteiger partial charge is 0.408 e. The van der Waals surface area contributed by atoms with Gasteiger partial charge in [-0.1, -0.05) is 0 Å². The molecule has 0 saturated heterocycles. The molecule has 0 spiro atoms. The van der Waals surface area contributed by atoms with Gasteiger partial charge in [0.25, 0.3) is 0 Å². The van der Waals surface area contributed by atoms with Crippen molar-refractivity contribution in [2.75, 3.05) is 0 Å². The van der Waals surface area contributed by atoms with E-state index < -0.39 is 53.5 Å². The van der Waals surface area contributed by atoms with Crippen LogP contribution < -0.4 is 10.2 Å². The van der Waals surface area contributed by atoms with E-state index in [1.807, 2.05) is 0 Å². The van der Waals surface area contributed by atoms with Crippen LogP contribution >= 0.6 is 0 Å². The van der Waals surface area contributed by atoms with Crippen molar-refractivity contribution in [2.24, 2.45) is 0 Å². The van der Waals surface area contributed by atoms with E-state index in [4.69, 9.17) is 14.3 Å². The molecule has 27 heavy (non-hydrogen) atoms. The van der Waals surface area contributed by atoms with E-state index in [9.17, 15) is 24.6 Å². The Morgan fingerprint density at radius 2 is 1.48 bits per heavy atom. The monoisotopic (exact) mass is 386 g/mol. The first-order valence-electron chi connectivity index (χ1n) is 8.21. The van der Waals surface area contributed by atoms with Crippen molar-refractivity contribution < 1.29 is 38.9 Å². The Bertz CT molecular complexity index is 677. The maximum Gasteiger partial charge on any atom is 0.408 e. The molecule has 0 aliphatic heterocycles. The number of nitrogens with one attached hydrogen (secondary N) is 1. The molecule has 10 nitrogen and oxygen atoms in total. The number of rotatable bonds is 5. The Hall–Kier alpha value is -2.91. The Balaban J connectivity index is 2.88. The Morgan fingerprint density at radius 1 is 1.00 bits per heavy atom. The number of hydrogen-bond acceptors (Lipinski definition) is 8. The molecule has 152 valence electrons. The topological polar surface area (TPSA) is 136 Å². The number of ether oxygens (including phenoxy) is 2. The van der Waals surface area contributed by atoms with Gasteiger partial charge in [0.2, 0.25) is 11.8 Å². The normalized spacial score (nSPS) is 12.8. The highest BCUT2D eigenvalue weighted by Gasteiger charge is 2.31. The number of aromatic nitrogens is 1. The molecule has 1 rings (SSSR count). The van der Waals surface area contributed by atoms with Crippen molar-refractivity contribution >= 4 is 18.0 Å². The van der Waals surface area contributed by atoms with Crippen molar-refractivity contribution in [3.63, 3.8) is 0 Å². The van der Waals surface area contributed by atoms with Gasteiger partial charge in [0.15, 0.2) is 0 Å². The minimum absolute atomic E-state index is 0.474. The minimum Gasteiger partial charge on any atom is -0.492 e. The standard InChI is InChI=1S/C17H26N2O8/c1-16(2,3)25-14(23)10(18-15(24)26-17(4,5)6)9-13(22)27-19-11(20)7-8-12(19)21/h7-8,10,20-21H,9H2,1-6H3,(H,18,24)/t10-/m0/s1. The van der Waals surface area contributed by atoms with Crippen LogP contribution in [0.4, 0.5) is 4.79 Å². The van der Waals surface area contributed by atoms with Crippen LogP contribution in [0.1, 0.15) is 48.0 Å². The van der Waals surface area contributed by atoms with Crippen LogP contribution in [0.3, 0.4) is 0 Å². The average Bonchev–Trinajstić information content (AvgIpc) is 2.74. The fraction of sp³-hybridized carbons (Fsp3) is 0.588. The van der Waals surface area contributed by atoms with E-state index in [-0.39, 0.29) is 0 Å². The predicted octanol–water partition coefficient (Wildman–Crippen LogP) is 1.48. The second kappa shape index (κ2) is 8.19. The van der Waals surface area contributed by atoms with Crippen molar-refractivity contribution in [3.8, 4) is 11.8 Å². The van der Waals surface area contributed by atoms with E-state index in [0.717, 1.165) is 12.1 Å². The summed E-state index contributed by atoms with van der Waals surface area (Å²) in [6.07, 6.45) is -1.54. The first-order chi connectivity index (χ1) is 12.2. The number of alkyl carbamates (subject to hydrolysis) is 1. The summed E-state index contributed by atoms with van der Waals surface area (Å²) in [4.78, 5) is 41.2. The number of aromatic hydroxyl groups is 2. The summed E-state index contributed by atoms with van der Waals surface area (Å²) in [6, 6.07) is 0.811. The summed E-state index contributed by atoms with van der Waals surface area (Å²) < 4.78 is 10.7. The summed E-state index contributed by atoms with van der Waals surface area (Å²) in [5.74, 6) is -2.92. The fourth-order valence-corrected chi connectivity index (χ4v) is 1.82. The molecule has 1 heterocycles. The van der Waals surface area contributed by atoms with Gasteiger partial charge in [-0.2, -0.15) is 0 Å². The maximum absolute atomic E-state index is 12.3. The number of carbonyl (C=O) groups is 3. The van der Waals surface area contributed by atoms with Gasteiger partial charge in [-0.15, -0.1) is 4.73 Å². The van der Waals surface area contributed by atoms with Crippen molar-refractivity contribution in [2.45, 2.75) is 65.2 Å². The molecule has 10 heteroatoms. The quantitative estimate of drug-likeness (QED) is 0.647. The largest absolute Gasteiger partial charge is 0.492 e. The highest BCUT2D eigenvalue weighted by Crippen LogP contribution is 2.19. The fourth-order valence-electron chi connectivity index (χ4n) is 1.82. The van der Waals surface area contributed by atoms with Crippen molar-refractivity contribution in [1.82, 2.24) is 10.0 Å². The lowest BCUT2D eigenvalue weighted by Crippen LogP contribution is -2.47. The summed E-state index contributed by atoms with van der Waals surface area (Å²) in [5.41, 5.74) is -1.67. The van der Waals surface area contributed by atoms with Gasteiger partial charge in [0.05, 0.1) is 6.42 Å². The van der Waals surface area contributed by atoms with Crippen LogP contribution in [-0.4, -0.2) is 50.2 Å². The number of carbonyl (C=O) groups excluding carboxylic acids is 3. The van der Waals surface area contributed by atoms with Crippen LogP contribution in [0.5, 0.6) is 11.8 Å². The van der Waals surface area contributed by atoms with Crippen molar-refractivity contribution in [1.29, 1.82) is 0 Å². The zero-order valence-electron chi connectivity index (χ0n) is 16.2. The molecule has 0 radical (unpaired) electrons. The summed E-state index contributed by atoms with van der Waals surface area (Å²) in [7, 11) is 0. The van der Waals surface area contributed by atoms with Gasteiger partial charge < -0.3 is 29.8 Å². The average molecular weight is 386 g/mol. The molecule has 0 bridgehead atoms. The van der Waals surface area contributed by atoms with E-state index >= 15 is 0 Å². The third kappa shape index (κ3) is 7.89. The zero-order valence-corrected chi connectivity index (χ0v) is 16.2. The molecule has 0 aliphatic carbocycles. The maximum atomic E-state index is 12.3. The number of hydrogen-bond donors (Lipinski definition) is 3. The molecular formula is C17H26N2O8. The molecule has 1 amide bonds. The van der Waals surface area contributed by atoms with Gasteiger partial charge in [0.1, 0.15) is 17.2 Å². The lowest BCUT2D eigenvalue weighted by molar-refractivity contribution is -0.161. The molecule has 1 aromatic heterocycles. The highest BCUT2D eigenvalue weighted by atomic mass is 16.7. The van der Waals surface area contributed by atoms with Crippen molar-refractivity contribution in [3.05, 3.63) is 12.1 Å². The first kappa shape index (κ1) is 22.1. The molecule has 0 saturated carbocycles. The molecule has 0 fully saturated rings. The highest BCUT2D eigenvalue weighted by molar-refractivity contribution is 5.86. The number of amides is 1. The van der Waals surface area contributed by atoms with Crippen LogP contribution in [0.2, 0.25) is 0 Å². The summed E-state index contributed by atoms with van der Waals surface area (Å²) >= 11 is 0. The third-order valence-corrected chi connectivity index (χ3v) is 2.74. The molecule has 0 unspecified atom stereocenters. The minimum atomic E-state index is -1.40. The first-order valence-corrected chi connectivity index (χ1v) is 8.21.